The first kappa shape index (κ1) is 24.3. The Labute approximate surface area is 159 Å². The molecule has 0 saturated carbocycles. The van der Waals surface area contributed by atoms with Crippen molar-refractivity contribution in [3.05, 3.63) is 12.4 Å². The zero-order valence-corrected chi connectivity index (χ0v) is 17.0. The van der Waals surface area contributed by atoms with Gasteiger partial charge in [-0.2, -0.15) is 0 Å². The summed E-state index contributed by atoms with van der Waals surface area (Å²) in [5.41, 5.74) is 0. The normalized spacial score (nSPS) is 13.2. The fraction of sp³-hybridized carbons (Fsp3) is 0.800. The molecule has 2 unspecified atom stereocenters. The lowest BCUT2D eigenvalue weighted by atomic mass is 10.0. The van der Waals surface area contributed by atoms with Crippen molar-refractivity contribution < 1.29 is 19.1 Å². The van der Waals surface area contributed by atoms with Crippen LogP contribution in [0.5, 0.6) is 0 Å². The predicted molar refractivity (Wildman–Crippen MR) is 105 cm³/mol. The first-order chi connectivity index (χ1) is 12.6. The van der Waals surface area contributed by atoms with E-state index in [0.717, 1.165) is 51.4 Å². The Morgan fingerprint density at radius 3 is 1.46 bits per heavy atom. The third kappa shape index (κ3) is 13.6. The number of hydrogen-bond donors (Lipinski definition) is 2. The van der Waals surface area contributed by atoms with Crippen molar-refractivity contribution in [3.63, 3.8) is 0 Å². The van der Waals surface area contributed by atoms with Crippen molar-refractivity contribution in [2.45, 2.75) is 79.1 Å². The van der Waals surface area contributed by atoms with E-state index >= 15 is 0 Å². The maximum atomic E-state index is 11.6. The number of carbonyl (C=O) groups is 2. The van der Waals surface area contributed by atoms with Gasteiger partial charge in [-0.3, -0.25) is 10.6 Å². The number of hydrogen-bond acceptors (Lipinski definition) is 4. The van der Waals surface area contributed by atoms with Crippen LogP contribution in [0, 0.1) is 11.8 Å². The molecular weight excluding hydrogens is 332 g/mol. The number of amides is 2. The summed E-state index contributed by atoms with van der Waals surface area (Å²) < 4.78 is 10.4. The average molecular weight is 371 g/mol. The van der Waals surface area contributed by atoms with Gasteiger partial charge >= 0.3 is 12.2 Å². The molecule has 0 aromatic heterocycles. The molecule has 0 aromatic carbocycles. The third-order valence-corrected chi connectivity index (χ3v) is 4.47. The highest BCUT2D eigenvalue weighted by molar-refractivity contribution is 5.70. The first-order valence-electron chi connectivity index (χ1n) is 10.1. The summed E-state index contributed by atoms with van der Waals surface area (Å²) in [7, 11) is 0. The van der Waals surface area contributed by atoms with Gasteiger partial charge in [-0.05, 0) is 24.7 Å². The van der Waals surface area contributed by atoms with Gasteiger partial charge in [0.15, 0.2) is 0 Å². The van der Waals surface area contributed by atoms with Gasteiger partial charge in [-0.15, -0.1) is 0 Å². The van der Waals surface area contributed by atoms with Crippen LogP contribution in [-0.2, 0) is 9.47 Å². The van der Waals surface area contributed by atoms with Crippen molar-refractivity contribution in [3.8, 4) is 0 Å². The molecule has 152 valence electrons. The van der Waals surface area contributed by atoms with E-state index in [4.69, 9.17) is 9.47 Å². The molecule has 6 heteroatoms. The SMILES string of the molecule is CCCCC(CC)COC(=O)N/C=C/NC(=O)OCC(CC)CCCC. The smallest absolute Gasteiger partial charge is 0.411 e. The molecule has 0 aliphatic rings. The number of rotatable bonds is 14. The molecule has 2 atom stereocenters. The molecule has 2 N–H and O–H groups in total. The van der Waals surface area contributed by atoms with E-state index in [9.17, 15) is 9.59 Å². The standard InChI is InChI=1S/C20H38N2O4/c1-5-9-11-17(7-3)15-25-19(23)21-13-14-22-20(24)26-16-18(8-4)12-10-6-2/h13-14,17-18H,5-12,15-16H2,1-4H3,(H,21,23)(H,22,24)/b14-13+. The quantitative estimate of drug-likeness (QED) is 0.432. The van der Waals surface area contributed by atoms with Crippen LogP contribution in [0.15, 0.2) is 12.4 Å². The lowest BCUT2D eigenvalue weighted by Gasteiger charge is -2.14. The predicted octanol–water partition coefficient (Wildman–Crippen LogP) is 5.34. The van der Waals surface area contributed by atoms with E-state index in [1.165, 1.54) is 12.4 Å². The number of alkyl carbamates (subject to hydrolysis) is 2. The first-order valence-corrected chi connectivity index (χ1v) is 10.1. The minimum atomic E-state index is -0.517. The Morgan fingerprint density at radius 2 is 1.15 bits per heavy atom. The molecule has 0 spiro atoms. The molecule has 0 aromatic rings. The Balaban J connectivity index is 3.89. The molecule has 0 aliphatic heterocycles. The largest absolute Gasteiger partial charge is 0.449 e. The van der Waals surface area contributed by atoms with E-state index in [1.54, 1.807) is 0 Å². The summed E-state index contributed by atoms with van der Waals surface area (Å²) in [6, 6.07) is 0. The van der Waals surface area contributed by atoms with Crippen molar-refractivity contribution in [2.75, 3.05) is 13.2 Å². The van der Waals surface area contributed by atoms with Crippen molar-refractivity contribution >= 4 is 12.2 Å². The van der Waals surface area contributed by atoms with Crippen LogP contribution >= 0.6 is 0 Å². The van der Waals surface area contributed by atoms with Crippen molar-refractivity contribution in [2.24, 2.45) is 11.8 Å². The van der Waals surface area contributed by atoms with E-state index in [1.807, 2.05) is 0 Å². The van der Waals surface area contributed by atoms with Crippen LogP contribution in [0.4, 0.5) is 9.59 Å². The van der Waals surface area contributed by atoms with Crippen LogP contribution in [0.25, 0.3) is 0 Å². The summed E-state index contributed by atoms with van der Waals surface area (Å²) in [5, 5.41) is 4.93. The highest BCUT2D eigenvalue weighted by Crippen LogP contribution is 2.13. The van der Waals surface area contributed by atoms with E-state index in [2.05, 4.69) is 38.3 Å². The molecule has 26 heavy (non-hydrogen) atoms. The van der Waals surface area contributed by atoms with Gasteiger partial charge in [0.25, 0.3) is 0 Å². The molecule has 0 rings (SSSR count). The fourth-order valence-electron chi connectivity index (χ4n) is 2.49. The molecule has 0 radical (unpaired) electrons. The molecule has 0 aliphatic carbocycles. The van der Waals surface area contributed by atoms with E-state index in [0.29, 0.717) is 25.0 Å². The van der Waals surface area contributed by atoms with Crippen molar-refractivity contribution in [1.29, 1.82) is 0 Å². The van der Waals surface area contributed by atoms with Crippen LogP contribution in [0.1, 0.15) is 79.1 Å². The Hall–Kier alpha value is -1.72. The van der Waals surface area contributed by atoms with Gasteiger partial charge in [0.2, 0.25) is 0 Å². The zero-order valence-electron chi connectivity index (χ0n) is 17.0. The third-order valence-electron chi connectivity index (χ3n) is 4.47. The van der Waals surface area contributed by atoms with E-state index in [-0.39, 0.29) is 0 Å². The number of carbonyl (C=O) groups excluding carboxylic acids is 2. The van der Waals surface area contributed by atoms with Gasteiger partial charge < -0.3 is 9.47 Å². The number of ether oxygens (including phenoxy) is 2. The number of nitrogens with one attached hydrogen (secondary N) is 2. The minimum Gasteiger partial charge on any atom is -0.449 e. The van der Waals surface area contributed by atoms with E-state index < -0.39 is 12.2 Å². The highest BCUT2D eigenvalue weighted by Gasteiger charge is 2.10. The topological polar surface area (TPSA) is 76.7 Å². The molecule has 2 amide bonds. The zero-order chi connectivity index (χ0) is 19.6. The molecule has 0 fully saturated rings. The van der Waals surface area contributed by atoms with Gasteiger partial charge in [0.05, 0.1) is 13.2 Å². The van der Waals surface area contributed by atoms with Gasteiger partial charge in [0.1, 0.15) is 0 Å². The summed E-state index contributed by atoms with van der Waals surface area (Å²) in [5.74, 6) is 0.800. The van der Waals surface area contributed by atoms with Crippen LogP contribution in [0.3, 0.4) is 0 Å². The second kappa shape index (κ2) is 16.7. The molecule has 6 nitrogen and oxygen atoms in total. The molecule has 0 heterocycles. The maximum absolute atomic E-state index is 11.6. The second-order valence-corrected chi connectivity index (χ2v) is 6.65. The van der Waals surface area contributed by atoms with Crippen LogP contribution < -0.4 is 10.6 Å². The van der Waals surface area contributed by atoms with Crippen molar-refractivity contribution in [1.82, 2.24) is 10.6 Å². The maximum Gasteiger partial charge on any atom is 0.411 e. The molecular formula is C20H38N2O4. The second-order valence-electron chi connectivity index (χ2n) is 6.65. The highest BCUT2D eigenvalue weighted by atomic mass is 16.6. The summed E-state index contributed by atoms with van der Waals surface area (Å²) >= 11 is 0. The fourth-order valence-corrected chi connectivity index (χ4v) is 2.49. The lowest BCUT2D eigenvalue weighted by Crippen LogP contribution is -2.25. The summed E-state index contributed by atoms with van der Waals surface area (Å²) in [6.45, 7) is 9.34. The average Bonchev–Trinajstić information content (AvgIpc) is 2.65. The van der Waals surface area contributed by atoms with Crippen LogP contribution in [-0.4, -0.2) is 25.4 Å². The van der Waals surface area contributed by atoms with Gasteiger partial charge in [-0.1, -0.05) is 66.2 Å². The summed E-state index contributed by atoms with van der Waals surface area (Å²) in [4.78, 5) is 23.2. The van der Waals surface area contributed by atoms with Crippen LogP contribution in [0.2, 0.25) is 0 Å². The monoisotopic (exact) mass is 370 g/mol. The molecule has 0 saturated heterocycles. The summed E-state index contributed by atoms with van der Waals surface area (Å²) in [6.07, 6.45) is 10.3. The Morgan fingerprint density at radius 1 is 0.769 bits per heavy atom. The van der Waals surface area contributed by atoms with Gasteiger partial charge in [0, 0.05) is 12.4 Å². The minimum absolute atomic E-state index is 0.400. The lowest BCUT2D eigenvalue weighted by molar-refractivity contribution is 0.124. The van der Waals surface area contributed by atoms with Gasteiger partial charge in [-0.25, -0.2) is 9.59 Å². The number of unbranched alkanes of at least 4 members (excludes halogenated alkanes) is 2. The Kier molecular flexibility index (Phi) is 15.6. The molecule has 0 bridgehead atoms. The Bertz CT molecular complexity index is 363.